The van der Waals surface area contributed by atoms with Gasteiger partial charge < -0.3 is 10.1 Å². The molecule has 1 aromatic carbocycles. The van der Waals surface area contributed by atoms with Crippen LogP contribution in [0.1, 0.15) is 12.6 Å². The van der Waals surface area contributed by atoms with Crippen LogP contribution in [0.4, 0.5) is 5.69 Å². The minimum Gasteiger partial charge on any atom is -0.495 e. The zero-order chi connectivity index (χ0) is 19.3. The molecule has 1 heterocycles. The number of anilines is 1. The lowest BCUT2D eigenvalue weighted by molar-refractivity contribution is -0.122. The number of amides is 1. The Morgan fingerprint density at radius 3 is 2.65 bits per heavy atom. The molecule has 0 aliphatic carbocycles. The van der Waals surface area contributed by atoms with Crippen molar-refractivity contribution >= 4 is 33.2 Å². The van der Waals surface area contributed by atoms with E-state index in [1.165, 1.54) is 20.1 Å². The van der Waals surface area contributed by atoms with Crippen LogP contribution in [-0.2, 0) is 21.4 Å². The van der Waals surface area contributed by atoms with Gasteiger partial charge in [-0.15, -0.1) is 0 Å². The standard InChI is InChI=1S/C17H20ClN3O4S/c1-12(17(22)20-11-14-6-4-5-9-19-14)21(26(3,23)24)15-10-13(18)7-8-16(15)25-2/h4-10,12H,11H2,1-3H3,(H,20,22). The van der Waals surface area contributed by atoms with Crippen molar-refractivity contribution in [3.63, 3.8) is 0 Å². The minimum atomic E-state index is -3.78. The molecular weight excluding hydrogens is 378 g/mol. The molecule has 0 aliphatic rings. The number of rotatable bonds is 7. The average molecular weight is 398 g/mol. The van der Waals surface area contributed by atoms with E-state index in [0.717, 1.165) is 10.6 Å². The van der Waals surface area contributed by atoms with Crippen LogP contribution in [-0.4, -0.2) is 38.7 Å². The van der Waals surface area contributed by atoms with Gasteiger partial charge in [0.2, 0.25) is 15.9 Å². The van der Waals surface area contributed by atoms with Gasteiger partial charge in [0.15, 0.2) is 0 Å². The number of methoxy groups -OCH3 is 1. The second-order valence-corrected chi connectivity index (χ2v) is 7.89. The number of benzene rings is 1. The molecular formula is C17H20ClN3O4S. The number of carbonyl (C=O) groups excluding carboxylic acids is 1. The molecule has 0 aliphatic heterocycles. The number of carbonyl (C=O) groups is 1. The number of hydrogen-bond donors (Lipinski definition) is 1. The Bertz CT molecular complexity index is 875. The lowest BCUT2D eigenvalue weighted by Crippen LogP contribution is -2.47. The maximum absolute atomic E-state index is 12.5. The number of hydrogen-bond acceptors (Lipinski definition) is 5. The molecule has 7 nitrogen and oxygen atoms in total. The monoisotopic (exact) mass is 397 g/mol. The molecule has 0 fully saturated rings. The van der Waals surface area contributed by atoms with Crippen LogP contribution < -0.4 is 14.4 Å². The van der Waals surface area contributed by atoms with E-state index < -0.39 is 22.0 Å². The summed E-state index contributed by atoms with van der Waals surface area (Å²) in [6, 6.07) is 8.90. The molecule has 140 valence electrons. The molecule has 0 bridgehead atoms. The first-order valence-electron chi connectivity index (χ1n) is 7.74. The fraction of sp³-hybridized carbons (Fsp3) is 0.294. The molecule has 9 heteroatoms. The van der Waals surface area contributed by atoms with Crippen molar-refractivity contribution in [1.29, 1.82) is 0 Å². The van der Waals surface area contributed by atoms with Crippen LogP contribution in [0.5, 0.6) is 5.75 Å². The van der Waals surface area contributed by atoms with Gasteiger partial charge in [0.05, 0.1) is 31.3 Å². The van der Waals surface area contributed by atoms with Crippen molar-refractivity contribution in [2.75, 3.05) is 17.7 Å². The summed E-state index contributed by atoms with van der Waals surface area (Å²) < 4.78 is 31.0. The van der Waals surface area contributed by atoms with Crippen LogP contribution in [0.25, 0.3) is 0 Å². The molecule has 2 aromatic rings. The number of halogens is 1. The highest BCUT2D eigenvalue weighted by atomic mass is 35.5. The third-order valence-electron chi connectivity index (χ3n) is 3.64. The highest BCUT2D eigenvalue weighted by molar-refractivity contribution is 7.92. The maximum Gasteiger partial charge on any atom is 0.243 e. The Hall–Kier alpha value is -2.32. The summed E-state index contributed by atoms with van der Waals surface area (Å²) in [5.74, 6) is -0.174. The van der Waals surface area contributed by atoms with E-state index in [-0.39, 0.29) is 12.2 Å². The van der Waals surface area contributed by atoms with E-state index in [1.807, 2.05) is 0 Å². The highest BCUT2D eigenvalue weighted by Crippen LogP contribution is 2.34. The van der Waals surface area contributed by atoms with E-state index in [2.05, 4.69) is 10.3 Å². The van der Waals surface area contributed by atoms with E-state index in [9.17, 15) is 13.2 Å². The Labute approximate surface area is 158 Å². The van der Waals surface area contributed by atoms with Crippen molar-refractivity contribution in [3.05, 3.63) is 53.3 Å². The van der Waals surface area contributed by atoms with E-state index in [4.69, 9.17) is 16.3 Å². The fourth-order valence-corrected chi connectivity index (χ4v) is 3.78. The summed E-state index contributed by atoms with van der Waals surface area (Å²) in [7, 11) is -2.36. The van der Waals surface area contributed by atoms with Crippen molar-refractivity contribution in [1.82, 2.24) is 10.3 Å². The summed E-state index contributed by atoms with van der Waals surface area (Å²) in [6.45, 7) is 1.68. The smallest absolute Gasteiger partial charge is 0.243 e. The van der Waals surface area contributed by atoms with Crippen LogP contribution in [0.15, 0.2) is 42.6 Å². The second kappa shape index (κ2) is 8.37. The number of ether oxygens (including phenoxy) is 1. The molecule has 1 N–H and O–H groups in total. The number of nitrogens with one attached hydrogen (secondary N) is 1. The Morgan fingerprint density at radius 2 is 2.08 bits per heavy atom. The topological polar surface area (TPSA) is 88.6 Å². The molecule has 0 saturated heterocycles. The Morgan fingerprint density at radius 1 is 1.35 bits per heavy atom. The summed E-state index contributed by atoms with van der Waals surface area (Å²) in [5.41, 5.74) is 0.863. The van der Waals surface area contributed by atoms with Gasteiger partial charge in [-0.1, -0.05) is 17.7 Å². The average Bonchev–Trinajstić information content (AvgIpc) is 2.59. The fourth-order valence-electron chi connectivity index (χ4n) is 2.44. The first-order valence-corrected chi connectivity index (χ1v) is 9.97. The van der Waals surface area contributed by atoms with Crippen LogP contribution in [0.3, 0.4) is 0 Å². The quantitative estimate of drug-likeness (QED) is 0.773. The molecule has 1 aromatic heterocycles. The van der Waals surface area contributed by atoms with Gasteiger partial charge in [-0.3, -0.25) is 14.1 Å². The summed E-state index contributed by atoms with van der Waals surface area (Å²) in [4.78, 5) is 16.7. The van der Waals surface area contributed by atoms with Gasteiger partial charge in [-0.25, -0.2) is 8.42 Å². The molecule has 1 amide bonds. The van der Waals surface area contributed by atoms with Gasteiger partial charge in [-0.2, -0.15) is 0 Å². The summed E-state index contributed by atoms with van der Waals surface area (Å²) in [6.07, 6.45) is 2.64. The number of pyridine rings is 1. The molecule has 2 rings (SSSR count). The molecule has 1 unspecified atom stereocenters. The van der Waals surface area contributed by atoms with Crippen molar-refractivity contribution in [2.45, 2.75) is 19.5 Å². The van der Waals surface area contributed by atoms with Crippen molar-refractivity contribution in [3.8, 4) is 5.75 Å². The molecule has 0 saturated carbocycles. The minimum absolute atomic E-state index is 0.189. The van der Waals surface area contributed by atoms with E-state index in [0.29, 0.717) is 16.5 Å². The number of nitrogens with zero attached hydrogens (tertiary/aromatic N) is 2. The number of sulfonamides is 1. The Kier molecular flexibility index (Phi) is 6.44. The lowest BCUT2D eigenvalue weighted by atomic mass is 10.2. The van der Waals surface area contributed by atoms with Gasteiger partial charge in [0.25, 0.3) is 0 Å². The lowest BCUT2D eigenvalue weighted by Gasteiger charge is -2.29. The van der Waals surface area contributed by atoms with Gasteiger partial charge >= 0.3 is 0 Å². The number of aromatic nitrogens is 1. The molecule has 0 spiro atoms. The van der Waals surface area contributed by atoms with Gasteiger partial charge in [0.1, 0.15) is 11.8 Å². The van der Waals surface area contributed by atoms with Gasteiger partial charge in [0, 0.05) is 11.2 Å². The largest absolute Gasteiger partial charge is 0.495 e. The summed E-state index contributed by atoms with van der Waals surface area (Å²) in [5, 5.41) is 3.02. The van der Waals surface area contributed by atoms with Crippen molar-refractivity contribution in [2.24, 2.45) is 0 Å². The predicted octanol–water partition coefficient (Wildman–Crippen LogP) is 2.21. The second-order valence-electron chi connectivity index (χ2n) is 5.59. The third-order valence-corrected chi connectivity index (χ3v) is 5.10. The molecule has 0 radical (unpaired) electrons. The zero-order valence-corrected chi connectivity index (χ0v) is 16.2. The third kappa shape index (κ3) is 4.86. The SMILES string of the molecule is COc1ccc(Cl)cc1N(C(C)C(=O)NCc1ccccn1)S(C)(=O)=O. The molecule has 1 atom stereocenters. The van der Waals surface area contributed by atoms with E-state index in [1.54, 1.807) is 36.5 Å². The van der Waals surface area contributed by atoms with Crippen LogP contribution in [0.2, 0.25) is 5.02 Å². The zero-order valence-electron chi connectivity index (χ0n) is 14.6. The summed E-state index contributed by atoms with van der Waals surface area (Å²) >= 11 is 6.01. The first-order chi connectivity index (χ1) is 12.2. The highest BCUT2D eigenvalue weighted by Gasteiger charge is 2.31. The Balaban J connectivity index is 2.29. The first kappa shape index (κ1) is 20.0. The van der Waals surface area contributed by atoms with Crippen LogP contribution >= 0.6 is 11.6 Å². The van der Waals surface area contributed by atoms with Crippen LogP contribution in [0, 0.1) is 0 Å². The van der Waals surface area contributed by atoms with Crippen molar-refractivity contribution < 1.29 is 17.9 Å². The predicted molar refractivity (Wildman–Crippen MR) is 101 cm³/mol. The van der Waals surface area contributed by atoms with E-state index >= 15 is 0 Å². The normalized spacial score (nSPS) is 12.3. The van der Waals surface area contributed by atoms with Gasteiger partial charge in [-0.05, 0) is 37.3 Å². The molecule has 26 heavy (non-hydrogen) atoms. The maximum atomic E-state index is 12.5.